The third kappa shape index (κ3) is 3.71. The van der Waals surface area contributed by atoms with Crippen LogP contribution in [0.3, 0.4) is 0 Å². The molecule has 1 fully saturated rings. The van der Waals surface area contributed by atoms with Gasteiger partial charge < -0.3 is 9.80 Å². The molecular weight excluding hydrogens is 314 g/mol. The lowest BCUT2D eigenvalue weighted by molar-refractivity contribution is -0.136. The van der Waals surface area contributed by atoms with Gasteiger partial charge in [-0.15, -0.1) is 0 Å². The monoisotopic (exact) mass is 343 g/mol. The van der Waals surface area contributed by atoms with E-state index in [0.717, 1.165) is 51.3 Å². The maximum atomic E-state index is 13.2. The van der Waals surface area contributed by atoms with Gasteiger partial charge in [0.1, 0.15) is 6.04 Å². The Labute approximate surface area is 150 Å². The fourth-order valence-electron chi connectivity index (χ4n) is 3.95. The van der Waals surface area contributed by atoms with Gasteiger partial charge in [-0.3, -0.25) is 14.5 Å². The van der Waals surface area contributed by atoms with E-state index in [0.29, 0.717) is 12.8 Å². The number of para-hydroxylation sites is 1. The number of anilines is 1. The minimum atomic E-state index is -0.389. The number of hydrogen-bond donors (Lipinski definition) is 0. The predicted molar refractivity (Wildman–Crippen MR) is 99.6 cm³/mol. The van der Waals surface area contributed by atoms with Crippen molar-refractivity contribution in [1.82, 2.24) is 9.80 Å². The molecule has 0 N–H and O–H groups in total. The van der Waals surface area contributed by atoms with Crippen molar-refractivity contribution in [2.24, 2.45) is 0 Å². The summed E-state index contributed by atoms with van der Waals surface area (Å²) >= 11 is 0. The van der Waals surface area contributed by atoms with Gasteiger partial charge in [0, 0.05) is 38.3 Å². The molecule has 1 atom stereocenters. The van der Waals surface area contributed by atoms with Crippen LogP contribution in [0.2, 0.25) is 0 Å². The summed E-state index contributed by atoms with van der Waals surface area (Å²) in [7, 11) is 0. The predicted octanol–water partition coefficient (Wildman–Crippen LogP) is 2.30. The minimum Gasteiger partial charge on any atom is -0.338 e. The molecule has 0 radical (unpaired) electrons. The zero-order chi connectivity index (χ0) is 17.8. The van der Waals surface area contributed by atoms with Gasteiger partial charge in [0.05, 0.1) is 0 Å². The van der Waals surface area contributed by atoms with Crippen molar-refractivity contribution >= 4 is 17.5 Å². The third-order valence-electron chi connectivity index (χ3n) is 5.47. The van der Waals surface area contributed by atoms with Crippen molar-refractivity contribution in [3.05, 3.63) is 29.8 Å². The zero-order valence-electron chi connectivity index (χ0n) is 15.4. The number of benzene rings is 1. The van der Waals surface area contributed by atoms with Gasteiger partial charge in [-0.2, -0.15) is 0 Å². The van der Waals surface area contributed by atoms with E-state index in [2.05, 4.69) is 17.9 Å². The first-order valence-electron chi connectivity index (χ1n) is 9.56. The van der Waals surface area contributed by atoms with Crippen LogP contribution in [-0.4, -0.2) is 60.4 Å². The number of carbonyl (C=O) groups excluding carboxylic acids is 2. The normalized spacial score (nSPS) is 20.2. The number of hydrogen-bond acceptors (Lipinski definition) is 3. The number of amides is 2. The van der Waals surface area contributed by atoms with Gasteiger partial charge in [0.25, 0.3) is 0 Å². The lowest BCUT2D eigenvalue weighted by Gasteiger charge is -2.38. The molecule has 2 aliphatic heterocycles. The van der Waals surface area contributed by atoms with E-state index >= 15 is 0 Å². The van der Waals surface area contributed by atoms with Crippen molar-refractivity contribution in [2.75, 3.05) is 37.6 Å². The summed E-state index contributed by atoms with van der Waals surface area (Å²) in [4.78, 5) is 32.1. The van der Waals surface area contributed by atoms with Crippen molar-refractivity contribution in [1.29, 1.82) is 0 Å². The SMILES string of the molecule is CC[C@H](C(=O)N1CCN(CC)CC1)N1C(=O)CCCc2ccccc21. The second-order valence-electron chi connectivity index (χ2n) is 6.93. The molecule has 0 aliphatic carbocycles. The van der Waals surface area contributed by atoms with Crippen LogP contribution >= 0.6 is 0 Å². The third-order valence-corrected chi connectivity index (χ3v) is 5.47. The molecule has 1 aromatic carbocycles. The summed E-state index contributed by atoms with van der Waals surface area (Å²) in [6, 6.07) is 7.66. The molecular formula is C20H29N3O2. The number of likely N-dealkylation sites (N-methyl/N-ethyl adjacent to an activating group) is 1. The Kier molecular flexibility index (Phi) is 5.74. The Morgan fingerprint density at radius 3 is 2.48 bits per heavy atom. The van der Waals surface area contributed by atoms with Crippen molar-refractivity contribution < 1.29 is 9.59 Å². The van der Waals surface area contributed by atoms with E-state index in [4.69, 9.17) is 0 Å². The highest BCUT2D eigenvalue weighted by Crippen LogP contribution is 2.30. The number of aryl methyl sites for hydroxylation is 1. The summed E-state index contributed by atoms with van der Waals surface area (Å²) in [6.07, 6.45) is 2.92. The van der Waals surface area contributed by atoms with E-state index < -0.39 is 0 Å². The summed E-state index contributed by atoms with van der Waals surface area (Å²) in [6.45, 7) is 8.54. The first-order chi connectivity index (χ1) is 12.2. The van der Waals surface area contributed by atoms with Gasteiger partial charge in [-0.05, 0) is 37.4 Å². The van der Waals surface area contributed by atoms with E-state index in [9.17, 15) is 9.59 Å². The Balaban J connectivity index is 1.84. The van der Waals surface area contributed by atoms with Crippen LogP contribution in [0.15, 0.2) is 24.3 Å². The largest absolute Gasteiger partial charge is 0.338 e. The molecule has 2 aliphatic rings. The second kappa shape index (κ2) is 8.00. The van der Waals surface area contributed by atoms with Crippen molar-refractivity contribution in [2.45, 2.75) is 45.6 Å². The standard InChI is InChI=1S/C20H29N3O2/c1-3-17(20(25)22-14-12-21(4-2)13-15-22)23-18-10-6-5-8-16(18)9-7-11-19(23)24/h5-6,8,10,17H,3-4,7,9,11-15H2,1-2H3/t17-/m1/s1. The molecule has 0 bridgehead atoms. The van der Waals surface area contributed by atoms with Crippen LogP contribution in [0.25, 0.3) is 0 Å². The Morgan fingerprint density at radius 1 is 1.08 bits per heavy atom. The maximum absolute atomic E-state index is 13.2. The fourth-order valence-corrected chi connectivity index (χ4v) is 3.95. The molecule has 0 unspecified atom stereocenters. The number of fused-ring (bicyclic) bond motifs is 1. The maximum Gasteiger partial charge on any atom is 0.245 e. The van der Waals surface area contributed by atoms with E-state index in [1.165, 1.54) is 5.56 Å². The number of rotatable bonds is 4. The van der Waals surface area contributed by atoms with Gasteiger partial charge in [-0.1, -0.05) is 32.0 Å². The average Bonchev–Trinajstić information content (AvgIpc) is 2.81. The molecule has 5 nitrogen and oxygen atoms in total. The summed E-state index contributed by atoms with van der Waals surface area (Å²) in [5, 5.41) is 0. The minimum absolute atomic E-state index is 0.0809. The fraction of sp³-hybridized carbons (Fsp3) is 0.600. The zero-order valence-corrected chi connectivity index (χ0v) is 15.4. The highest BCUT2D eigenvalue weighted by atomic mass is 16.2. The van der Waals surface area contributed by atoms with Gasteiger partial charge in [0.15, 0.2) is 0 Å². The highest BCUT2D eigenvalue weighted by Gasteiger charge is 2.35. The first kappa shape index (κ1) is 17.9. The summed E-state index contributed by atoms with van der Waals surface area (Å²) in [5.41, 5.74) is 2.10. The topological polar surface area (TPSA) is 43.9 Å². The number of nitrogens with zero attached hydrogens (tertiary/aromatic N) is 3. The molecule has 0 aromatic heterocycles. The average molecular weight is 343 g/mol. The molecule has 2 heterocycles. The molecule has 136 valence electrons. The van der Waals surface area contributed by atoms with E-state index in [-0.39, 0.29) is 17.9 Å². The van der Waals surface area contributed by atoms with E-state index in [1.54, 1.807) is 4.90 Å². The molecule has 0 saturated carbocycles. The number of carbonyl (C=O) groups is 2. The molecule has 25 heavy (non-hydrogen) atoms. The van der Waals surface area contributed by atoms with Crippen molar-refractivity contribution in [3.8, 4) is 0 Å². The Morgan fingerprint density at radius 2 is 1.80 bits per heavy atom. The Bertz CT molecular complexity index is 623. The van der Waals surface area contributed by atoms with Gasteiger partial charge >= 0.3 is 0 Å². The molecule has 1 saturated heterocycles. The summed E-state index contributed by atoms with van der Waals surface area (Å²) in [5.74, 6) is 0.181. The van der Waals surface area contributed by atoms with E-state index in [1.807, 2.05) is 30.0 Å². The summed E-state index contributed by atoms with van der Waals surface area (Å²) < 4.78 is 0. The number of piperazine rings is 1. The van der Waals surface area contributed by atoms with Crippen LogP contribution in [0.5, 0.6) is 0 Å². The first-order valence-corrected chi connectivity index (χ1v) is 9.56. The molecule has 5 heteroatoms. The molecule has 0 spiro atoms. The van der Waals surface area contributed by atoms with Crippen LogP contribution in [-0.2, 0) is 16.0 Å². The van der Waals surface area contributed by atoms with Crippen molar-refractivity contribution in [3.63, 3.8) is 0 Å². The lowest BCUT2D eigenvalue weighted by atomic mass is 10.1. The molecule has 3 rings (SSSR count). The lowest BCUT2D eigenvalue weighted by Crippen LogP contribution is -2.56. The van der Waals surface area contributed by atoms with Gasteiger partial charge in [-0.25, -0.2) is 0 Å². The quantitative estimate of drug-likeness (QED) is 0.843. The van der Waals surface area contributed by atoms with Crippen LogP contribution < -0.4 is 4.90 Å². The van der Waals surface area contributed by atoms with Crippen LogP contribution in [0, 0.1) is 0 Å². The van der Waals surface area contributed by atoms with Gasteiger partial charge in [0.2, 0.25) is 11.8 Å². The van der Waals surface area contributed by atoms with Crippen LogP contribution in [0.4, 0.5) is 5.69 Å². The highest BCUT2D eigenvalue weighted by molar-refractivity contribution is 6.01. The Hall–Kier alpha value is -1.88. The van der Waals surface area contributed by atoms with Crippen LogP contribution in [0.1, 0.15) is 38.7 Å². The second-order valence-corrected chi connectivity index (χ2v) is 6.93. The molecule has 1 aromatic rings. The molecule has 2 amide bonds. The smallest absolute Gasteiger partial charge is 0.245 e.